The van der Waals surface area contributed by atoms with Crippen LogP contribution in [0.4, 0.5) is 4.39 Å². The monoisotopic (exact) mass is 429 g/mol. The van der Waals surface area contributed by atoms with E-state index >= 15 is 0 Å². The van der Waals surface area contributed by atoms with Gasteiger partial charge in [0.05, 0.1) is 12.2 Å². The van der Waals surface area contributed by atoms with E-state index in [-0.39, 0.29) is 36.3 Å². The summed E-state index contributed by atoms with van der Waals surface area (Å²) in [4.78, 5) is 17.7. The van der Waals surface area contributed by atoms with Gasteiger partial charge in [-0.3, -0.25) is 9.69 Å². The van der Waals surface area contributed by atoms with Crippen molar-refractivity contribution in [2.45, 2.75) is 45.3 Å². The van der Waals surface area contributed by atoms with Gasteiger partial charge in [0.2, 0.25) is 0 Å². The van der Waals surface area contributed by atoms with Crippen molar-refractivity contribution >= 4 is 29.3 Å². The first-order valence-corrected chi connectivity index (χ1v) is 10.3. The van der Waals surface area contributed by atoms with Gasteiger partial charge in [-0.15, -0.1) is 12.4 Å². The number of rotatable bonds is 3. The van der Waals surface area contributed by atoms with Crippen LogP contribution in [-0.2, 0) is 0 Å². The van der Waals surface area contributed by atoms with Gasteiger partial charge >= 0.3 is 0 Å². The molecule has 2 aromatic carbocycles. The van der Waals surface area contributed by atoms with Gasteiger partial charge in [-0.1, -0.05) is 23.7 Å². The summed E-state index contributed by atoms with van der Waals surface area (Å²) in [6, 6.07) is 10.1. The molecule has 5 rings (SSSR count). The van der Waals surface area contributed by atoms with Crippen molar-refractivity contribution in [2.24, 2.45) is 0 Å². The zero-order chi connectivity index (χ0) is 20.1. The van der Waals surface area contributed by atoms with Gasteiger partial charge in [0.25, 0.3) is 5.91 Å². The van der Waals surface area contributed by atoms with E-state index in [1.54, 1.807) is 6.07 Å². The number of hydrogen-bond acceptors (Lipinski definition) is 4. The summed E-state index contributed by atoms with van der Waals surface area (Å²) in [5.74, 6) is -0.296. The summed E-state index contributed by atoms with van der Waals surface area (Å²) in [6.45, 7) is 6.26. The van der Waals surface area contributed by atoms with Crippen molar-refractivity contribution in [2.75, 3.05) is 13.1 Å². The van der Waals surface area contributed by atoms with Gasteiger partial charge < -0.3 is 9.42 Å². The number of nitrogens with zero attached hydrogens (tertiary/aromatic N) is 3. The summed E-state index contributed by atoms with van der Waals surface area (Å²) >= 11 is 0. The summed E-state index contributed by atoms with van der Waals surface area (Å²) in [5, 5.41) is 4.97. The van der Waals surface area contributed by atoms with Gasteiger partial charge in [-0.25, -0.2) is 4.39 Å². The molecule has 0 N–H and O–H groups in total. The molecule has 2 aliphatic rings. The normalized spacial score (nSPS) is 20.3. The van der Waals surface area contributed by atoms with Crippen molar-refractivity contribution in [3.8, 4) is 11.3 Å². The number of amides is 1. The van der Waals surface area contributed by atoms with Crippen LogP contribution in [0.5, 0.6) is 0 Å². The summed E-state index contributed by atoms with van der Waals surface area (Å²) in [6.07, 6.45) is 3.67. The van der Waals surface area contributed by atoms with Gasteiger partial charge in [-0.2, -0.15) is 0 Å². The van der Waals surface area contributed by atoms with E-state index in [1.165, 1.54) is 31.4 Å². The van der Waals surface area contributed by atoms with Crippen LogP contribution in [0.1, 0.15) is 55.1 Å². The van der Waals surface area contributed by atoms with Crippen molar-refractivity contribution in [1.29, 1.82) is 0 Å². The number of fused-ring (bicyclic) bond motifs is 2. The fraction of sp³-hybridized carbons (Fsp3) is 0.391. The first-order valence-electron chi connectivity index (χ1n) is 10.3. The Morgan fingerprint density at radius 1 is 1.13 bits per heavy atom. The van der Waals surface area contributed by atoms with E-state index in [9.17, 15) is 9.18 Å². The van der Waals surface area contributed by atoms with Gasteiger partial charge in [0.1, 0.15) is 11.5 Å². The van der Waals surface area contributed by atoms with Gasteiger partial charge in [-0.05, 0) is 50.5 Å². The smallest absolute Gasteiger partial charge is 0.255 e. The predicted octanol–water partition coefficient (Wildman–Crippen LogP) is 5.40. The van der Waals surface area contributed by atoms with E-state index in [4.69, 9.17) is 4.52 Å². The second-order valence-electron chi connectivity index (χ2n) is 8.06. The average Bonchev–Trinajstić information content (AvgIpc) is 3.27. The number of piperidine rings is 1. The first-order chi connectivity index (χ1) is 14.1. The molecule has 2 unspecified atom stereocenters. The Bertz CT molecular complexity index is 1090. The van der Waals surface area contributed by atoms with Gasteiger partial charge in [0.15, 0.2) is 5.58 Å². The highest BCUT2D eigenvalue weighted by atomic mass is 35.5. The minimum Gasteiger partial charge on any atom is -0.356 e. The number of hydrogen-bond donors (Lipinski definition) is 0. The lowest BCUT2D eigenvalue weighted by molar-refractivity contribution is 0.0218. The SMILES string of the molecule is CC1c2c(cccc2-c2noc3cc(F)ccc23)C(=O)N1C(C)N1CCCCC1.Cl. The molecule has 5 nitrogen and oxygen atoms in total. The summed E-state index contributed by atoms with van der Waals surface area (Å²) in [5.41, 5.74) is 3.64. The number of benzene rings is 2. The van der Waals surface area contributed by atoms with Crippen LogP contribution in [0.15, 0.2) is 40.9 Å². The topological polar surface area (TPSA) is 49.6 Å². The van der Waals surface area contributed by atoms with Crippen molar-refractivity contribution in [3.05, 3.63) is 53.3 Å². The minimum absolute atomic E-state index is 0. The van der Waals surface area contributed by atoms with Crippen molar-refractivity contribution in [1.82, 2.24) is 15.0 Å². The zero-order valence-corrected chi connectivity index (χ0v) is 17.9. The molecule has 30 heavy (non-hydrogen) atoms. The molecule has 158 valence electrons. The molecule has 0 aliphatic carbocycles. The molecule has 1 saturated heterocycles. The third kappa shape index (κ3) is 3.19. The highest BCUT2D eigenvalue weighted by Crippen LogP contribution is 2.43. The summed E-state index contributed by atoms with van der Waals surface area (Å²) in [7, 11) is 0. The van der Waals surface area contributed by atoms with E-state index in [0.29, 0.717) is 11.3 Å². The molecular formula is C23H25ClFN3O2. The Labute approximate surface area is 181 Å². The van der Waals surface area contributed by atoms with Crippen LogP contribution in [-0.4, -0.2) is 40.1 Å². The number of aromatic nitrogens is 1. The van der Waals surface area contributed by atoms with Gasteiger partial charge in [0, 0.05) is 35.7 Å². The summed E-state index contributed by atoms with van der Waals surface area (Å²) < 4.78 is 18.9. The highest BCUT2D eigenvalue weighted by Gasteiger charge is 2.40. The van der Waals surface area contributed by atoms with Crippen molar-refractivity contribution < 1.29 is 13.7 Å². The maximum atomic E-state index is 13.6. The Morgan fingerprint density at radius 2 is 1.87 bits per heavy atom. The molecule has 3 heterocycles. The largest absolute Gasteiger partial charge is 0.356 e. The lowest BCUT2D eigenvalue weighted by atomic mass is 9.95. The number of carbonyl (C=O) groups excluding carboxylic acids is 1. The van der Waals surface area contributed by atoms with Crippen LogP contribution < -0.4 is 0 Å². The number of likely N-dealkylation sites (tertiary alicyclic amines) is 1. The third-order valence-electron chi connectivity index (χ3n) is 6.42. The quantitative estimate of drug-likeness (QED) is 0.559. The lowest BCUT2D eigenvalue weighted by Crippen LogP contribution is -2.49. The molecule has 1 amide bonds. The van der Waals surface area contributed by atoms with E-state index in [0.717, 1.165) is 35.2 Å². The van der Waals surface area contributed by atoms with E-state index in [1.807, 2.05) is 23.1 Å². The highest BCUT2D eigenvalue weighted by molar-refractivity contribution is 6.03. The van der Waals surface area contributed by atoms with Crippen LogP contribution in [0, 0.1) is 5.82 Å². The Kier molecular flexibility index (Phi) is 5.55. The second kappa shape index (κ2) is 8.00. The van der Waals surface area contributed by atoms with Crippen LogP contribution in [0.2, 0.25) is 0 Å². The third-order valence-corrected chi connectivity index (χ3v) is 6.42. The lowest BCUT2D eigenvalue weighted by Gasteiger charge is -2.39. The predicted molar refractivity (Wildman–Crippen MR) is 116 cm³/mol. The van der Waals surface area contributed by atoms with Crippen LogP contribution >= 0.6 is 12.4 Å². The van der Waals surface area contributed by atoms with E-state index in [2.05, 4.69) is 23.9 Å². The van der Waals surface area contributed by atoms with Crippen molar-refractivity contribution in [3.63, 3.8) is 0 Å². The minimum atomic E-state index is -0.358. The average molecular weight is 430 g/mol. The Balaban J connectivity index is 0.00000218. The number of halogens is 2. The molecule has 2 aliphatic heterocycles. The fourth-order valence-corrected chi connectivity index (χ4v) is 4.93. The van der Waals surface area contributed by atoms with E-state index < -0.39 is 0 Å². The zero-order valence-electron chi connectivity index (χ0n) is 17.1. The molecule has 0 radical (unpaired) electrons. The Hall–Kier alpha value is -2.44. The molecule has 0 saturated carbocycles. The number of carbonyl (C=O) groups is 1. The molecule has 1 aromatic heterocycles. The van der Waals surface area contributed by atoms with Crippen LogP contribution in [0.25, 0.3) is 22.2 Å². The fourth-order valence-electron chi connectivity index (χ4n) is 4.93. The Morgan fingerprint density at radius 3 is 2.63 bits per heavy atom. The standard InChI is InChI=1S/C23H24FN3O2.ClH/c1-14-21-18(22-17-10-9-16(24)13-20(17)29-25-22)7-6-8-19(21)23(28)27(14)15(2)26-11-4-3-5-12-26;/h6-10,13-15H,3-5,11-12H2,1-2H3;1H. The molecule has 7 heteroatoms. The molecular weight excluding hydrogens is 405 g/mol. The molecule has 3 aromatic rings. The maximum absolute atomic E-state index is 13.6. The second-order valence-corrected chi connectivity index (χ2v) is 8.06. The van der Waals surface area contributed by atoms with Crippen LogP contribution in [0.3, 0.4) is 0 Å². The first kappa shape index (κ1) is 20.8. The molecule has 0 spiro atoms. The molecule has 0 bridgehead atoms. The molecule has 2 atom stereocenters. The molecule has 1 fully saturated rings. The maximum Gasteiger partial charge on any atom is 0.255 e.